The van der Waals surface area contributed by atoms with E-state index in [2.05, 4.69) is 5.32 Å². The van der Waals surface area contributed by atoms with E-state index >= 15 is 0 Å². The molecule has 0 fully saturated rings. The highest BCUT2D eigenvalue weighted by Crippen LogP contribution is 2.24. The van der Waals surface area contributed by atoms with Crippen LogP contribution in [0.5, 0.6) is 5.75 Å². The molecule has 0 heterocycles. The molecule has 1 atom stereocenters. The molecule has 0 aliphatic carbocycles. The Kier molecular flexibility index (Phi) is 11.2. The van der Waals surface area contributed by atoms with Gasteiger partial charge in [0.05, 0.1) is 11.9 Å². The smallest absolute Gasteiger partial charge is 0.244 e. The molecule has 0 aliphatic heterocycles. The average molecular weight is 614 g/mol. The fraction of sp³-hybridized carbons (Fsp3) is 0.257. The number of aryl methyl sites for hydroxylation is 1. The predicted molar refractivity (Wildman–Crippen MR) is 174 cm³/mol. The van der Waals surface area contributed by atoms with Gasteiger partial charge in [0.25, 0.3) is 0 Å². The molecule has 0 saturated carbocycles. The van der Waals surface area contributed by atoms with Crippen LogP contribution in [0, 0.1) is 6.92 Å². The third-order valence-corrected chi connectivity index (χ3v) is 8.25. The summed E-state index contributed by atoms with van der Waals surface area (Å²) in [6.07, 6.45) is 1.34. The van der Waals surface area contributed by atoms with Crippen LogP contribution < -0.4 is 14.4 Å². The minimum absolute atomic E-state index is 0.138. The number of nitrogens with zero attached hydrogens (tertiary/aromatic N) is 2. The minimum atomic E-state index is -3.86. The van der Waals surface area contributed by atoms with Gasteiger partial charge in [0.2, 0.25) is 21.8 Å². The van der Waals surface area contributed by atoms with E-state index < -0.39 is 28.5 Å². The maximum atomic E-state index is 14.1. The average Bonchev–Trinajstić information content (AvgIpc) is 3.01. The highest BCUT2D eigenvalue weighted by atomic mass is 32.2. The summed E-state index contributed by atoms with van der Waals surface area (Å²) in [6, 6.07) is 32.6. The van der Waals surface area contributed by atoms with Crippen LogP contribution >= 0.6 is 0 Å². The number of anilines is 1. The number of rotatable bonds is 14. The number of amides is 2. The zero-order valence-corrected chi connectivity index (χ0v) is 26.2. The van der Waals surface area contributed by atoms with Crippen molar-refractivity contribution >= 4 is 27.5 Å². The number of hydrogen-bond acceptors (Lipinski definition) is 5. The van der Waals surface area contributed by atoms with Crippen LogP contribution in [-0.4, -0.2) is 50.5 Å². The Labute approximate surface area is 260 Å². The van der Waals surface area contributed by atoms with E-state index in [0.29, 0.717) is 24.6 Å². The molecule has 4 aromatic carbocycles. The first-order valence-electron chi connectivity index (χ1n) is 14.5. The van der Waals surface area contributed by atoms with Gasteiger partial charge in [-0.3, -0.25) is 13.9 Å². The molecular weight excluding hydrogens is 574 g/mol. The summed E-state index contributed by atoms with van der Waals surface area (Å²) in [5.41, 5.74) is 4.06. The first kappa shape index (κ1) is 32.3. The Hall–Kier alpha value is -4.63. The first-order chi connectivity index (χ1) is 21.1. The number of hydrogen-bond donors (Lipinski definition) is 1. The Morgan fingerprint density at radius 1 is 0.818 bits per heavy atom. The minimum Gasteiger partial charge on any atom is -0.489 e. The Balaban J connectivity index is 1.63. The van der Waals surface area contributed by atoms with E-state index in [1.165, 1.54) is 4.90 Å². The van der Waals surface area contributed by atoms with Gasteiger partial charge in [-0.1, -0.05) is 90.5 Å². The molecule has 4 aromatic rings. The van der Waals surface area contributed by atoms with Gasteiger partial charge in [0.1, 0.15) is 24.9 Å². The molecule has 0 aliphatic rings. The van der Waals surface area contributed by atoms with Crippen molar-refractivity contribution < 1.29 is 22.7 Å². The van der Waals surface area contributed by atoms with E-state index in [-0.39, 0.29) is 18.9 Å². The van der Waals surface area contributed by atoms with Crippen molar-refractivity contribution in [2.45, 2.75) is 39.5 Å². The number of carbonyl (C=O) groups excluding carboxylic acids is 2. The second kappa shape index (κ2) is 15.2. The van der Waals surface area contributed by atoms with Crippen LogP contribution in [0.3, 0.4) is 0 Å². The SMILES string of the molecule is CCNC(=O)[C@@H](Cc1ccccc1)N(Cc1cccc(C)c1)C(=O)CN(c1ccc(OCc2ccccc2)cc1)S(C)(=O)=O. The second-order valence-corrected chi connectivity index (χ2v) is 12.6. The van der Waals surface area contributed by atoms with Gasteiger partial charge in [0.15, 0.2) is 0 Å². The van der Waals surface area contributed by atoms with Gasteiger partial charge in [-0.25, -0.2) is 8.42 Å². The summed E-state index contributed by atoms with van der Waals surface area (Å²) in [4.78, 5) is 29.1. The van der Waals surface area contributed by atoms with Gasteiger partial charge >= 0.3 is 0 Å². The van der Waals surface area contributed by atoms with E-state index in [0.717, 1.165) is 32.8 Å². The van der Waals surface area contributed by atoms with Gasteiger partial charge in [-0.15, -0.1) is 0 Å². The number of ether oxygens (including phenoxy) is 1. The molecule has 0 bridgehead atoms. The van der Waals surface area contributed by atoms with Gasteiger partial charge < -0.3 is 15.0 Å². The maximum absolute atomic E-state index is 14.1. The van der Waals surface area contributed by atoms with Crippen molar-refractivity contribution in [3.63, 3.8) is 0 Å². The summed E-state index contributed by atoms with van der Waals surface area (Å²) < 4.78 is 33.0. The standard InChI is InChI=1S/C35H39N3O5S/c1-4-36-35(40)33(23-28-13-7-5-8-14-28)37(24-30-17-11-12-27(2)22-30)34(39)25-38(44(3,41)42)31-18-20-32(21-19-31)43-26-29-15-9-6-10-16-29/h5-22,33H,4,23-26H2,1-3H3,(H,36,40)/t33-/m1/s1. The largest absolute Gasteiger partial charge is 0.489 e. The molecule has 0 radical (unpaired) electrons. The van der Waals surface area contributed by atoms with E-state index in [4.69, 9.17) is 4.74 Å². The van der Waals surface area contributed by atoms with Crippen molar-refractivity contribution in [1.29, 1.82) is 0 Å². The number of benzene rings is 4. The molecule has 4 rings (SSSR count). The molecule has 8 nitrogen and oxygen atoms in total. The van der Waals surface area contributed by atoms with Crippen molar-refractivity contribution in [2.24, 2.45) is 0 Å². The van der Waals surface area contributed by atoms with E-state index in [1.54, 1.807) is 24.3 Å². The summed E-state index contributed by atoms with van der Waals surface area (Å²) in [7, 11) is -3.86. The lowest BCUT2D eigenvalue weighted by molar-refractivity contribution is -0.140. The van der Waals surface area contributed by atoms with Crippen LogP contribution in [0.25, 0.3) is 0 Å². The molecule has 0 spiro atoms. The first-order valence-corrected chi connectivity index (χ1v) is 16.4. The zero-order chi connectivity index (χ0) is 31.5. The monoisotopic (exact) mass is 613 g/mol. The van der Waals surface area contributed by atoms with Crippen molar-refractivity contribution in [3.05, 3.63) is 131 Å². The third kappa shape index (κ3) is 9.18. The van der Waals surface area contributed by atoms with Crippen LogP contribution in [-0.2, 0) is 39.2 Å². The molecule has 44 heavy (non-hydrogen) atoms. The van der Waals surface area contributed by atoms with Gasteiger partial charge in [0, 0.05) is 19.5 Å². The second-order valence-electron chi connectivity index (χ2n) is 10.6. The van der Waals surface area contributed by atoms with Crippen molar-refractivity contribution in [3.8, 4) is 5.75 Å². The highest BCUT2D eigenvalue weighted by Gasteiger charge is 2.32. The summed E-state index contributed by atoms with van der Waals surface area (Å²) in [5, 5.41) is 2.87. The fourth-order valence-corrected chi connectivity index (χ4v) is 5.77. The number of nitrogens with one attached hydrogen (secondary N) is 1. The zero-order valence-electron chi connectivity index (χ0n) is 25.3. The Bertz CT molecular complexity index is 1630. The summed E-state index contributed by atoms with van der Waals surface area (Å²) in [6.45, 7) is 4.21. The molecular formula is C35H39N3O5S. The Morgan fingerprint density at radius 2 is 1.43 bits per heavy atom. The number of likely N-dealkylation sites (N-methyl/N-ethyl adjacent to an activating group) is 1. The van der Waals surface area contributed by atoms with E-state index in [1.807, 2.05) is 98.8 Å². The Morgan fingerprint density at radius 3 is 2.02 bits per heavy atom. The van der Waals surface area contributed by atoms with Crippen LogP contribution in [0.15, 0.2) is 109 Å². The predicted octanol–water partition coefficient (Wildman–Crippen LogP) is 5.12. The summed E-state index contributed by atoms with van der Waals surface area (Å²) >= 11 is 0. The summed E-state index contributed by atoms with van der Waals surface area (Å²) in [5.74, 6) is -0.227. The van der Waals surface area contributed by atoms with E-state index in [9.17, 15) is 18.0 Å². The van der Waals surface area contributed by atoms with Crippen molar-refractivity contribution in [2.75, 3.05) is 23.7 Å². The molecule has 0 aromatic heterocycles. The lowest BCUT2D eigenvalue weighted by Gasteiger charge is -2.33. The van der Waals surface area contributed by atoms with Crippen molar-refractivity contribution in [1.82, 2.24) is 10.2 Å². The molecule has 1 N–H and O–H groups in total. The van der Waals surface area contributed by atoms with Crippen LogP contribution in [0.1, 0.15) is 29.2 Å². The molecule has 0 saturated heterocycles. The number of sulfonamides is 1. The van der Waals surface area contributed by atoms with Gasteiger partial charge in [-0.05, 0) is 54.8 Å². The van der Waals surface area contributed by atoms with Crippen LogP contribution in [0.2, 0.25) is 0 Å². The maximum Gasteiger partial charge on any atom is 0.244 e. The fourth-order valence-electron chi connectivity index (χ4n) is 4.92. The molecule has 230 valence electrons. The highest BCUT2D eigenvalue weighted by molar-refractivity contribution is 7.92. The van der Waals surface area contributed by atoms with Crippen LogP contribution in [0.4, 0.5) is 5.69 Å². The third-order valence-electron chi connectivity index (χ3n) is 7.11. The molecule has 0 unspecified atom stereocenters. The quantitative estimate of drug-likeness (QED) is 0.213. The number of carbonyl (C=O) groups is 2. The molecule has 9 heteroatoms. The normalized spacial score (nSPS) is 11.8. The lowest BCUT2D eigenvalue weighted by Crippen LogP contribution is -2.53. The van der Waals surface area contributed by atoms with Gasteiger partial charge in [-0.2, -0.15) is 0 Å². The lowest BCUT2D eigenvalue weighted by atomic mass is 10.0. The topological polar surface area (TPSA) is 96.0 Å². The molecule has 2 amide bonds.